The molecular weight excluding hydrogens is 312 g/mol. The van der Waals surface area contributed by atoms with Gasteiger partial charge in [-0.05, 0) is 55.0 Å². The van der Waals surface area contributed by atoms with Crippen LogP contribution in [-0.4, -0.2) is 11.8 Å². The van der Waals surface area contributed by atoms with E-state index in [1.54, 1.807) is 6.08 Å². The number of aryl methyl sites for hydroxylation is 2. The second-order valence-electron chi connectivity index (χ2n) is 6.02. The van der Waals surface area contributed by atoms with Crippen LogP contribution in [0.2, 0.25) is 0 Å². The van der Waals surface area contributed by atoms with Gasteiger partial charge in [0.1, 0.15) is 0 Å². The molecule has 0 bridgehead atoms. The summed E-state index contributed by atoms with van der Waals surface area (Å²) < 4.78 is 0. The van der Waals surface area contributed by atoms with Gasteiger partial charge in [-0.25, -0.2) is 0 Å². The number of nitrogens with one attached hydrogen (secondary N) is 2. The number of anilines is 2. The Morgan fingerprint density at radius 3 is 2.68 bits per heavy atom. The Balaban J connectivity index is 2.36. The molecule has 1 aliphatic rings. The van der Waals surface area contributed by atoms with Crippen molar-refractivity contribution in [1.29, 1.82) is 0 Å². The zero-order valence-electron chi connectivity index (χ0n) is 15.2. The second-order valence-corrected chi connectivity index (χ2v) is 6.02. The first-order chi connectivity index (χ1) is 12.0. The van der Waals surface area contributed by atoms with Gasteiger partial charge in [-0.15, -0.1) is 0 Å². The summed E-state index contributed by atoms with van der Waals surface area (Å²) in [4.78, 5) is 24.4. The maximum absolute atomic E-state index is 12.7. The predicted molar refractivity (Wildman–Crippen MR) is 104 cm³/mol. The first kappa shape index (κ1) is 18.7. The molecule has 25 heavy (non-hydrogen) atoms. The Hall–Kier alpha value is -2.62. The standard InChI is InChI=1S/C21H26N2O2/c1-5-9-18(14(6-2)7-3)21(25)22-17-12-15(8-4)20-16(13-17)10-11-19(24)23-20/h5-6,9,12-13H,2,7-8,10-11H2,1,3-4H3,(H,22,25)(H,23,24)/b9-5-,18-14-. The first-order valence-corrected chi connectivity index (χ1v) is 8.79. The van der Waals surface area contributed by atoms with Gasteiger partial charge in [0.2, 0.25) is 5.91 Å². The average molecular weight is 338 g/mol. The van der Waals surface area contributed by atoms with Crippen molar-refractivity contribution >= 4 is 23.2 Å². The largest absolute Gasteiger partial charge is 0.326 e. The minimum atomic E-state index is -0.142. The summed E-state index contributed by atoms with van der Waals surface area (Å²) in [6.45, 7) is 9.74. The molecule has 1 heterocycles. The number of amides is 2. The molecule has 2 rings (SSSR count). The topological polar surface area (TPSA) is 58.2 Å². The monoisotopic (exact) mass is 338 g/mol. The number of fused-ring (bicyclic) bond motifs is 1. The molecule has 2 N–H and O–H groups in total. The highest BCUT2D eigenvalue weighted by atomic mass is 16.2. The lowest BCUT2D eigenvalue weighted by atomic mass is 9.96. The Bertz CT molecular complexity index is 740. The second kappa shape index (κ2) is 8.47. The summed E-state index contributed by atoms with van der Waals surface area (Å²) in [5, 5.41) is 5.96. The van der Waals surface area contributed by atoms with Gasteiger partial charge in [0.15, 0.2) is 0 Å². The Morgan fingerprint density at radius 1 is 1.32 bits per heavy atom. The molecule has 0 aliphatic carbocycles. The van der Waals surface area contributed by atoms with Crippen LogP contribution in [0.1, 0.15) is 44.7 Å². The van der Waals surface area contributed by atoms with Crippen molar-refractivity contribution < 1.29 is 9.59 Å². The van der Waals surface area contributed by atoms with E-state index in [9.17, 15) is 9.59 Å². The van der Waals surface area contributed by atoms with E-state index in [0.717, 1.165) is 40.9 Å². The number of rotatable bonds is 6. The van der Waals surface area contributed by atoms with Crippen LogP contribution in [0.15, 0.2) is 48.1 Å². The Labute approximate surface area is 149 Å². The number of allylic oxidation sites excluding steroid dienone is 3. The van der Waals surface area contributed by atoms with Crippen molar-refractivity contribution in [1.82, 2.24) is 0 Å². The lowest BCUT2D eigenvalue weighted by molar-refractivity contribution is -0.116. The lowest BCUT2D eigenvalue weighted by Crippen LogP contribution is -2.21. The van der Waals surface area contributed by atoms with Crippen LogP contribution < -0.4 is 10.6 Å². The zero-order valence-corrected chi connectivity index (χ0v) is 15.2. The highest BCUT2D eigenvalue weighted by Gasteiger charge is 2.19. The van der Waals surface area contributed by atoms with Crippen molar-refractivity contribution in [3.05, 3.63) is 59.2 Å². The summed E-state index contributed by atoms with van der Waals surface area (Å²) >= 11 is 0. The summed E-state index contributed by atoms with van der Waals surface area (Å²) in [6.07, 6.45) is 8.11. The highest BCUT2D eigenvalue weighted by molar-refractivity contribution is 6.07. The lowest BCUT2D eigenvalue weighted by Gasteiger charge is -2.21. The molecule has 0 saturated carbocycles. The van der Waals surface area contributed by atoms with E-state index < -0.39 is 0 Å². The van der Waals surface area contributed by atoms with E-state index in [1.807, 2.05) is 45.1 Å². The Morgan fingerprint density at radius 2 is 2.08 bits per heavy atom. The quantitative estimate of drug-likeness (QED) is 0.591. The normalized spacial score (nSPS) is 14.6. The SMILES string of the molecule is C=C/C(CC)=C(\C=C/C)C(=O)Nc1cc(CC)c2c(c1)CCC(=O)N2. The van der Waals surface area contributed by atoms with Crippen LogP contribution in [0.3, 0.4) is 0 Å². The van der Waals surface area contributed by atoms with E-state index in [2.05, 4.69) is 17.2 Å². The van der Waals surface area contributed by atoms with Gasteiger partial charge in [-0.3, -0.25) is 9.59 Å². The number of hydrogen-bond donors (Lipinski definition) is 2. The number of carbonyl (C=O) groups is 2. The minimum Gasteiger partial charge on any atom is -0.326 e. The molecule has 0 fully saturated rings. The minimum absolute atomic E-state index is 0.0517. The van der Waals surface area contributed by atoms with Crippen molar-refractivity contribution in [2.75, 3.05) is 10.6 Å². The van der Waals surface area contributed by atoms with E-state index in [4.69, 9.17) is 0 Å². The number of carbonyl (C=O) groups excluding carboxylic acids is 2. The Kier molecular flexibility index (Phi) is 6.34. The van der Waals surface area contributed by atoms with Crippen LogP contribution in [0.25, 0.3) is 0 Å². The third kappa shape index (κ3) is 4.27. The van der Waals surface area contributed by atoms with Gasteiger partial charge in [-0.2, -0.15) is 0 Å². The molecule has 1 aromatic carbocycles. The molecule has 4 nitrogen and oxygen atoms in total. The molecule has 0 unspecified atom stereocenters. The fourth-order valence-electron chi connectivity index (χ4n) is 3.06. The molecule has 0 saturated heterocycles. The van der Waals surface area contributed by atoms with Gasteiger partial charge in [0.05, 0.1) is 0 Å². The molecule has 1 aliphatic heterocycles. The fourth-order valence-corrected chi connectivity index (χ4v) is 3.06. The van der Waals surface area contributed by atoms with E-state index >= 15 is 0 Å². The summed E-state index contributed by atoms with van der Waals surface area (Å²) in [5.74, 6) is -0.0902. The summed E-state index contributed by atoms with van der Waals surface area (Å²) in [5.41, 5.74) is 5.32. The molecule has 132 valence electrons. The first-order valence-electron chi connectivity index (χ1n) is 8.79. The molecule has 0 radical (unpaired) electrons. The fraction of sp³-hybridized carbons (Fsp3) is 0.333. The summed E-state index contributed by atoms with van der Waals surface area (Å²) in [6, 6.07) is 3.90. The average Bonchev–Trinajstić information content (AvgIpc) is 2.61. The van der Waals surface area contributed by atoms with Crippen LogP contribution in [0.5, 0.6) is 0 Å². The highest BCUT2D eigenvalue weighted by Crippen LogP contribution is 2.31. The molecule has 1 aromatic rings. The summed E-state index contributed by atoms with van der Waals surface area (Å²) in [7, 11) is 0. The maximum atomic E-state index is 12.7. The predicted octanol–water partition coefficient (Wildman–Crippen LogP) is 4.54. The van der Waals surface area contributed by atoms with Crippen LogP contribution in [0, 0.1) is 0 Å². The van der Waals surface area contributed by atoms with Gasteiger partial charge >= 0.3 is 0 Å². The molecule has 0 spiro atoms. The van der Waals surface area contributed by atoms with Crippen LogP contribution in [0.4, 0.5) is 11.4 Å². The molecule has 0 aromatic heterocycles. The smallest absolute Gasteiger partial charge is 0.255 e. The van der Waals surface area contributed by atoms with Crippen molar-refractivity contribution in [2.45, 2.75) is 46.5 Å². The third-order valence-corrected chi connectivity index (χ3v) is 4.38. The molecular formula is C21H26N2O2. The van der Waals surface area contributed by atoms with Gasteiger partial charge < -0.3 is 10.6 Å². The van der Waals surface area contributed by atoms with Crippen molar-refractivity contribution in [2.24, 2.45) is 0 Å². The molecule has 0 atom stereocenters. The van der Waals surface area contributed by atoms with E-state index in [0.29, 0.717) is 18.4 Å². The third-order valence-electron chi connectivity index (χ3n) is 4.38. The van der Waals surface area contributed by atoms with Crippen molar-refractivity contribution in [3.8, 4) is 0 Å². The van der Waals surface area contributed by atoms with Gasteiger partial charge in [0, 0.05) is 23.4 Å². The van der Waals surface area contributed by atoms with Crippen LogP contribution in [-0.2, 0) is 22.4 Å². The maximum Gasteiger partial charge on any atom is 0.255 e. The zero-order chi connectivity index (χ0) is 18.4. The molecule has 4 heteroatoms. The van der Waals surface area contributed by atoms with Gasteiger partial charge in [-0.1, -0.05) is 38.7 Å². The number of benzene rings is 1. The van der Waals surface area contributed by atoms with E-state index in [1.165, 1.54) is 0 Å². The van der Waals surface area contributed by atoms with Crippen molar-refractivity contribution in [3.63, 3.8) is 0 Å². The van der Waals surface area contributed by atoms with E-state index in [-0.39, 0.29) is 11.8 Å². The molecule has 2 amide bonds. The number of hydrogen-bond acceptors (Lipinski definition) is 2. The van der Waals surface area contributed by atoms with Crippen LogP contribution >= 0.6 is 0 Å². The van der Waals surface area contributed by atoms with Gasteiger partial charge in [0.25, 0.3) is 5.91 Å².